The summed E-state index contributed by atoms with van der Waals surface area (Å²) in [6.45, 7) is 0.425. The third kappa shape index (κ3) is 4.79. The second-order valence-corrected chi connectivity index (χ2v) is 8.18. The fourth-order valence-electron chi connectivity index (χ4n) is 3.70. The number of carbonyl (C=O) groups is 1. The van der Waals surface area contributed by atoms with Crippen LogP contribution in [0.4, 0.5) is 26.3 Å². The van der Waals surface area contributed by atoms with Gasteiger partial charge in [0.25, 0.3) is 0 Å². The van der Waals surface area contributed by atoms with E-state index in [-0.39, 0.29) is 30.5 Å². The van der Waals surface area contributed by atoms with Crippen LogP contribution in [0.1, 0.15) is 42.8 Å². The van der Waals surface area contributed by atoms with Crippen LogP contribution in [0.3, 0.4) is 0 Å². The number of halogens is 6. The quantitative estimate of drug-likeness (QED) is 0.541. The molecule has 0 aromatic carbocycles. The number of hydrogen-bond acceptors (Lipinski definition) is 4. The molecular formula is C21H19F6N5O. The van der Waals surface area contributed by atoms with Crippen LogP contribution in [-0.2, 0) is 23.2 Å². The van der Waals surface area contributed by atoms with Crippen molar-refractivity contribution in [1.29, 1.82) is 0 Å². The summed E-state index contributed by atoms with van der Waals surface area (Å²) in [6, 6.07) is 3.75. The third-order valence-electron chi connectivity index (χ3n) is 5.67. The Morgan fingerprint density at radius 1 is 1.12 bits per heavy atom. The minimum absolute atomic E-state index is 0.00724. The van der Waals surface area contributed by atoms with E-state index < -0.39 is 36.3 Å². The first-order chi connectivity index (χ1) is 15.4. The van der Waals surface area contributed by atoms with Gasteiger partial charge in [-0.25, -0.2) is 0 Å². The van der Waals surface area contributed by atoms with E-state index >= 15 is 0 Å². The van der Waals surface area contributed by atoms with Gasteiger partial charge in [0.15, 0.2) is 0 Å². The Morgan fingerprint density at radius 3 is 2.42 bits per heavy atom. The molecule has 3 heterocycles. The summed E-state index contributed by atoms with van der Waals surface area (Å²) in [4.78, 5) is 20.5. The van der Waals surface area contributed by atoms with Crippen LogP contribution in [-0.4, -0.2) is 38.0 Å². The molecule has 0 saturated heterocycles. The molecule has 1 amide bonds. The van der Waals surface area contributed by atoms with E-state index in [2.05, 4.69) is 20.4 Å². The van der Waals surface area contributed by atoms with Crippen molar-refractivity contribution in [3.63, 3.8) is 0 Å². The highest BCUT2D eigenvalue weighted by Crippen LogP contribution is 2.58. The molecule has 1 atom stereocenters. The molecule has 0 radical (unpaired) electrons. The minimum atomic E-state index is -4.42. The van der Waals surface area contributed by atoms with E-state index in [0.717, 1.165) is 4.68 Å². The van der Waals surface area contributed by atoms with Crippen LogP contribution in [0.25, 0.3) is 10.9 Å². The highest BCUT2D eigenvalue weighted by atomic mass is 19.4. The van der Waals surface area contributed by atoms with Gasteiger partial charge < -0.3 is 5.32 Å². The van der Waals surface area contributed by atoms with Gasteiger partial charge in [-0.15, -0.1) is 0 Å². The Hall–Kier alpha value is -3.18. The maximum atomic E-state index is 13.2. The van der Waals surface area contributed by atoms with Gasteiger partial charge in [-0.3, -0.25) is 19.4 Å². The van der Waals surface area contributed by atoms with E-state index in [4.69, 9.17) is 0 Å². The van der Waals surface area contributed by atoms with Gasteiger partial charge in [0.1, 0.15) is 12.0 Å². The Labute approximate surface area is 184 Å². The molecule has 3 aromatic heterocycles. The molecule has 1 fully saturated rings. The highest BCUT2D eigenvalue weighted by molar-refractivity contribution is 5.80. The van der Waals surface area contributed by atoms with Crippen LogP contribution < -0.4 is 5.32 Å². The van der Waals surface area contributed by atoms with Crippen molar-refractivity contribution >= 4 is 16.8 Å². The fraction of sp³-hybridized carbons (Fsp3) is 0.429. The standard InChI is InChI=1S/C21H19F6N5O/c1-12(15-7-14-9-30-32(11-20(22,23)24)16(14)10-28-15)31-18(33)6-13-2-3-17(29-8-13)19(4-5-19)21(25,26)27/h2-3,7-10,12H,4-6,11H2,1H3,(H,31,33). The summed E-state index contributed by atoms with van der Waals surface area (Å²) in [6.07, 6.45) is -5.03. The lowest BCUT2D eigenvalue weighted by Gasteiger charge is -2.18. The fourth-order valence-corrected chi connectivity index (χ4v) is 3.70. The molecule has 1 aliphatic carbocycles. The second kappa shape index (κ2) is 7.99. The van der Waals surface area contributed by atoms with Gasteiger partial charge >= 0.3 is 12.4 Å². The topological polar surface area (TPSA) is 72.7 Å². The van der Waals surface area contributed by atoms with Gasteiger partial charge in [0.05, 0.1) is 41.8 Å². The molecule has 12 heteroatoms. The van der Waals surface area contributed by atoms with Gasteiger partial charge in [-0.05, 0) is 37.5 Å². The number of fused-ring (bicyclic) bond motifs is 1. The van der Waals surface area contributed by atoms with Crippen LogP contribution in [0.5, 0.6) is 0 Å². The van der Waals surface area contributed by atoms with Crippen molar-refractivity contribution in [3.05, 3.63) is 53.7 Å². The average Bonchev–Trinajstić information content (AvgIpc) is 3.45. The maximum Gasteiger partial charge on any atom is 0.408 e. The summed E-state index contributed by atoms with van der Waals surface area (Å²) in [5.74, 6) is -0.399. The Kier molecular flexibility index (Phi) is 5.57. The highest BCUT2D eigenvalue weighted by Gasteiger charge is 2.65. The molecule has 6 nitrogen and oxygen atoms in total. The molecule has 0 bridgehead atoms. The molecule has 1 N–H and O–H groups in total. The number of carbonyl (C=O) groups excluding carboxylic acids is 1. The van der Waals surface area contributed by atoms with Crippen molar-refractivity contribution in [1.82, 2.24) is 25.1 Å². The molecule has 33 heavy (non-hydrogen) atoms. The molecule has 0 aliphatic heterocycles. The number of alkyl halides is 6. The molecular weight excluding hydrogens is 452 g/mol. The summed E-state index contributed by atoms with van der Waals surface area (Å²) in [7, 11) is 0. The van der Waals surface area contributed by atoms with E-state index in [1.54, 1.807) is 13.0 Å². The van der Waals surface area contributed by atoms with E-state index in [9.17, 15) is 31.1 Å². The first-order valence-electron chi connectivity index (χ1n) is 10.1. The average molecular weight is 471 g/mol. The SMILES string of the molecule is CC(NC(=O)Cc1ccc(C2(C(F)(F)F)CC2)nc1)c1cc2cnn(CC(F)(F)F)c2cn1. The summed E-state index contributed by atoms with van der Waals surface area (Å²) < 4.78 is 78.3. The zero-order chi connectivity index (χ0) is 24.0. The van der Waals surface area contributed by atoms with Crippen LogP contribution >= 0.6 is 0 Å². The Balaban J connectivity index is 1.39. The van der Waals surface area contributed by atoms with Gasteiger partial charge in [0, 0.05) is 11.6 Å². The summed E-state index contributed by atoms with van der Waals surface area (Å²) >= 11 is 0. The monoisotopic (exact) mass is 471 g/mol. The second-order valence-electron chi connectivity index (χ2n) is 8.18. The van der Waals surface area contributed by atoms with Gasteiger partial charge in [-0.2, -0.15) is 31.4 Å². The van der Waals surface area contributed by atoms with E-state index in [1.807, 2.05) is 0 Å². The first kappa shape index (κ1) is 23.0. The van der Waals surface area contributed by atoms with Crippen LogP contribution in [0.15, 0.2) is 36.8 Å². The summed E-state index contributed by atoms with van der Waals surface area (Å²) in [5.41, 5.74) is -0.820. The van der Waals surface area contributed by atoms with E-state index in [1.165, 1.54) is 30.7 Å². The maximum absolute atomic E-state index is 13.2. The lowest BCUT2D eigenvalue weighted by molar-refractivity contribution is -0.161. The molecule has 1 unspecified atom stereocenters. The van der Waals surface area contributed by atoms with Gasteiger partial charge in [-0.1, -0.05) is 6.07 Å². The molecule has 0 spiro atoms. The number of aromatic nitrogens is 4. The number of hydrogen-bond donors (Lipinski definition) is 1. The van der Waals surface area contributed by atoms with Crippen molar-refractivity contribution < 1.29 is 31.1 Å². The number of rotatable bonds is 6. The lowest BCUT2D eigenvalue weighted by Crippen LogP contribution is -2.30. The molecule has 1 aliphatic rings. The van der Waals surface area contributed by atoms with Crippen LogP contribution in [0, 0.1) is 0 Å². The number of nitrogens with one attached hydrogen (secondary N) is 1. The summed E-state index contributed by atoms with van der Waals surface area (Å²) in [5, 5.41) is 6.90. The lowest BCUT2D eigenvalue weighted by atomic mass is 10.0. The Morgan fingerprint density at radius 2 is 1.85 bits per heavy atom. The minimum Gasteiger partial charge on any atom is -0.348 e. The normalized spacial score (nSPS) is 16.6. The largest absolute Gasteiger partial charge is 0.408 e. The zero-order valence-electron chi connectivity index (χ0n) is 17.3. The first-order valence-corrected chi connectivity index (χ1v) is 10.1. The predicted molar refractivity (Wildman–Crippen MR) is 105 cm³/mol. The van der Waals surface area contributed by atoms with Crippen molar-refractivity contribution in [2.45, 2.75) is 56.5 Å². The van der Waals surface area contributed by atoms with Crippen molar-refractivity contribution in [2.24, 2.45) is 0 Å². The zero-order valence-corrected chi connectivity index (χ0v) is 17.3. The van der Waals surface area contributed by atoms with Crippen molar-refractivity contribution in [3.8, 4) is 0 Å². The molecule has 4 rings (SSSR count). The molecule has 3 aromatic rings. The number of pyridine rings is 2. The predicted octanol–water partition coefficient (Wildman–Crippen LogP) is 4.40. The van der Waals surface area contributed by atoms with Gasteiger partial charge in [0.2, 0.25) is 5.91 Å². The molecule has 1 saturated carbocycles. The van der Waals surface area contributed by atoms with E-state index in [0.29, 0.717) is 16.6 Å². The number of nitrogens with zero attached hydrogens (tertiary/aromatic N) is 4. The van der Waals surface area contributed by atoms with Crippen LogP contribution in [0.2, 0.25) is 0 Å². The Bertz CT molecular complexity index is 1160. The molecule has 176 valence electrons. The number of amides is 1. The smallest absolute Gasteiger partial charge is 0.348 e. The van der Waals surface area contributed by atoms with Crippen molar-refractivity contribution in [2.75, 3.05) is 0 Å². The third-order valence-corrected chi connectivity index (χ3v) is 5.67.